The first-order valence-corrected chi connectivity index (χ1v) is 11.4. The van der Waals surface area contributed by atoms with Gasteiger partial charge in [-0.05, 0) is 48.9 Å². The van der Waals surface area contributed by atoms with Gasteiger partial charge in [0.15, 0.2) is 11.5 Å². The quantitative estimate of drug-likeness (QED) is 0.581. The molecule has 1 fully saturated rings. The van der Waals surface area contributed by atoms with Gasteiger partial charge in [-0.3, -0.25) is 14.6 Å². The summed E-state index contributed by atoms with van der Waals surface area (Å²) in [5.74, 6) is 2.39. The molecule has 0 radical (unpaired) electrons. The van der Waals surface area contributed by atoms with Crippen molar-refractivity contribution in [2.24, 2.45) is 0 Å². The van der Waals surface area contributed by atoms with Gasteiger partial charge in [0.25, 0.3) is 0 Å². The highest BCUT2D eigenvalue weighted by Crippen LogP contribution is 2.32. The molecule has 33 heavy (non-hydrogen) atoms. The molecule has 2 aromatic rings. The Hall–Kier alpha value is -3.28. The summed E-state index contributed by atoms with van der Waals surface area (Å²) in [7, 11) is 0. The van der Waals surface area contributed by atoms with E-state index in [0.717, 1.165) is 55.7 Å². The molecule has 1 saturated heterocycles. The van der Waals surface area contributed by atoms with Gasteiger partial charge in [0.1, 0.15) is 5.75 Å². The van der Waals surface area contributed by atoms with Crippen molar-refractivity contribution in [1.82, 2.24) is 9.80 Å². The van der Waals surface area contributed by atoms with Gasteiger partial charge < -0.3 is 19.1 Å². The maximum atomic E-state index is 13.1. The van der Waals surface area contributed by atoms with Crippen LogP contribution < -0.4 is 19.1 Å². The van der Waals surface area contributed by atoms with E-state index in [4.69, 9.17) is 19.5 Å². The number of benzene rings is 2. The number of carbonyl (C=O) groups excluding carboxylic acids is 1. The number of nitriles is 1. The largest absolute Gasteiger partial charge is 0.494 e. The molecule has 2 aliphatic heterocycles. The highest BCUT2D eigenvalue weighted by atomic mass is 16.7. The Bertz CT molecular complexity index is 981. The first kappa shape index (κ1) is 22.9. The molecular weight excluding hydrogens is 420 g/mol. The number of rotatable bonds is 9. The number of piperazine rings is 1. The molecule has 8 heteroatoms. The van der Waals surface area contributed by atoms with Gasteiger partial charge in [0.05, 0.1) is 25.6 Å². The smallest absolute Gasteiger partial charge is 0.241 e. The summed E-state index contributed by atoms with van der Waals surface area (Å²) in [6, 6.07) is 15.7. The Balaban J connectivity index is 1.30. The fourth-order valence-corrected chi connectivity index (χ4v) is 4.13. The molecule has 0 aromatic heterocycles. The molecule has 8 nitrogen and oxygen atoms in total. The summed E-state index contributed by atoms with van der Waals surface area (Å²) in [4.78, 5) is 19.4. The standard InChI is InChI=1S/C25H30N4O4/c1-2-31-22-7-5-21(6-8-22)29(11-3-10-26)25(30)18-28-14-12-27(13-15-28)17-20-4-9-23-24(16-20)33-19-32-23/h4-9,16H,2-3,11-15,17-19H2,1H3. The number of hydrogen-bond acceptors (Lipinski definition) is 7. The van der Waals surface area contributed by atoms with Crippen LogP contribution in [0, 0.1) is 11.3 Å². The predicted molar refractivity (Wildman–Crippen MR) is 124 cm³/mol. The summed E-state index contributed by atoms with van der Waals surface area (Å²) in [6.07, 6.45) is 0.294. The lowest BCUT2D eigenvalue weighted by atomic mass is 10.1. The van der Waals surface area contributed by atoms with Crippen molar-refractivity contribution in [3.05, 3.63) is 48.0 Å². The van der Waals surface area contributed by atoms with E-state index in [1.54, 1.807) is 4.90 Å². The van der Waals surface area contributed by atoms with Gasteiger partial charge in [-0.15, -0.1) is 0 Å². The summed E-state index contributed by atoms with van der Waals surface area (Å²) in [6.45, 7) is 7.82. The molecule has 0 atom stereocenters. The minimum atomic E-state index is 0.0126. The molecule has 0 N–H and O–H groups in total. The number of hydrogen-bond donors (Lipinski definition) is 0. The van der Waals surface area contributed by atoms with E-state index in [-0.39, 0.29) is 12.7 Å². The summed E-state index contributed by atoms with van der Waals surface area (Å²) >= 11 is 0. The number of fused-ring (bicyclic) bond motifs is 1. The highest BCUT2D eigenvalue weighted by molar-refractivity contribution is 5.94. The van der Waals surface area contributed by atoms with Gasteiger partial charge in [-0.2, -0.15) is 5.26 Å². The van der Waals surface area contributed by atoms with Gasteiger partial charge in [0, 0.05) is 45.0 Å². The zero-order chi connectivity index (χ0) is 23.0. The molecule has 2 heterocycles. The normalized spacial score (nSPS) is 15.8. The van der Waals surface area contributed by atoms with E-state index in [2.05, 4.69) is 21.9 Å². The van der Waals surface area contributed by atoms with Crippen LogP contribution in [0.5, 0.6) is 17.2 Å². The van der Waals surface area contributed by atoms with Crippen molar-refractivity contribution in [2.75, 3.05) is 57.6 Å². The molecular formula is C25H30N4O4. The van der Waals surface area contributed by atoms with E-state index in [1.807, 2.05) is 43.3 Å². The first-order valence-electron chi connectivity index (χ1n) is 11.4. The van der Waals surface area contributed by atoms with Crippen LogP contribution in [-0.4, -0.2) is 68.4 Å². The van der Waals surface area contributed by atoms with Crippen LogP contribution in [0.1, 0.15) is 18.9 Å². The number of nitrogens with zero attached hydrogens (tertiary/aromatic N) is 4. The van der Waals surface area contributed by atoms with Crippen molar-refractivity contribution in [3.63, 3.8) is 0 Å². The molecule has 0 aliphatic carbocycles. The Morgan fingerprint density at radius 3 is 2.52 bits per heavy atom. The fraction of sp³-hybridized carbons (Fsp3) is 0.440. The van der Waals surface area contributed by atoms with Gasteiger partial charge in [-0.25, -0.2) is 0 Å². The number of amides is 1. The fourth-order valence-electron chi connectivity index (χ4n) is 4.13. The maximum Gasteiger partial charge on any atom is 0.241 e. The first-order chi connectivity index (χ1) is 16.2. The van der Waals surface area contributed by atoms with Crippen molar-refractivity contribution in [1.29, 1.82) is 5.26 Å². The second kappa shape index (κ2) is 11.0. The minimum absolute atomic E-state index is 0.0126. The molecule has 174 valence electrons. The third kappa shape index (κ3) is 5.95. The molecule has 0 spiro atoms. The molecule has 0 unspecified atom stereocenters. The second-order valence-corrected chi connectivity index (χ2v) is 8.12. The lowest BCUT2D eigenvalue weighted by Gasteiger charge is -2.35. The summed E-state index contributed by atoms with van der Waals surface area (Å²) in [5.41, 5.74) is 1.99. The monoisotopic (exact) mass is 450 g/mol. The minimum Gasteiger partial charge on any atom is -0.494 e. The lowest BCUT2D eigenvalue weighted by molar-refractivity contribution is -0.120. The van der Waals surface area contributed by atoms with Gasteiger partial charge in [-0.1, -0.05) is 6.07 Å². The van der Waals surface area contributed by atoms with Crippen molar-refractivity contribution in [3.8, 4) is 23.3 Å². The van der Waals surface area contributed by atoms with E-state index >= 15 is 0 Å². The highest BCUT2D eigenvalue weighted by Gasteiger charge is 2.23. The lowest BCUT2D eigenvalue weighted by Crippen LogP contribution is -2.50. The van der Waals surface area contributed by atoms with E-state index in [0.29, 0.717) is 26.1 Å². The molecule has 4 rings (SSSR count). The topological polar surface area (TPSA) is 78.3 Å². The van der Waals surface area contributed by atoms with Crippen molar-refractivity contribution in [2.45, 2.75) is 19.9 Å². The van der Waals surface area contributed by atoms with E-state index < -0.39 is 0 Å². The summed E-state index contributed by atoms with van der Waals surface area (Å²) < 4.78 is 16.4. The molecule has 0 bridgehead atoms. The SMILES string of the molecule is CCOc1ccc(N(CCC#N)C(=O)CN2CCN(Cc3ccc4c(c3)OCO4)CC2)cc1. The zero-order valence-corrected chi connectivity index (χ0v) is 19.0. The molecule has 2 aliphatic rings. The Morgan fingerprint density at radius 2 is 1.79 bits per heavy atom. The van der Waals surface area contributed by atoms with Crippen LogP contribution in [0.4, 0.5) is 5.69 Å². The summed E-state index contributed by atoms with van der Waals surface area (Å²) in [5, 5.41) is 9.04. The Kier molecular flexibility index (Phi) is 7.66. The zero-order valence-electron chi connectivity index (χ0n) is 19.0. The van der Waals surface area contributed by atoms with Crippen LogP contribution in [0.2, 0.25) is 0 Å². The van der Waals surface area contributed by atoms with E-state index in [9.17, 15) is 4.79 Å². The predicted octanol–water partition coefficient (Wildman–Crippen LogP) is 2.88. The Morgan fingerprint density at radius 1 is 1.06 bits per heavy atom. The van der Waals surface area contributed by atoms with Crippen LogP contribution in [0.3, 0.4) is 0 Å². The van der Waals surface area contributed by atoms with Gasteiger partial charge >= 0.3 is 0 Å². The van der Waals surface area contributed by atoms with Crippen LogP contribution in [-0.2, 0) is 11.3 Å². The van der Waals surface area contributed by atoms with Gasteiger partial charge in [0.2, 0.25) is 12.7 Å². The number of anilines is 1. The van der Waals surface area contributed by atoms with Crippen LogP contribution >= 0.6 is 0 Å². The average molecular weight is 451 g/mol. The van der Waals surface area contributed by atoms with E-state index in [1.165, 1.54) is 5.56 Å². The average Bonchev–Trinajstić information content (AvgIpc) is 3.30. The van der Waals surface area contributed by atoms with Crippen molar-refractivity contribution < 1.29 is 19.0 Å². The number of carbonyl (C=O) groups is 1. The molecule has 2 aromatic carbocycles. The van der Waals surface area contributed by atoms with Crippen molar-refractivity contribution >= 4 is 11.6 Å². The second-order valence-electron chi connectivity index (χ2n) is 8.12. The third-order valence-electron chi connectivity index (χ3n) is 5.87. The third-order valence-corrected chi connectivity index (χ3v) is 5.87. The maximum absolute atomic E-state index is 13.1. The molecule has 0 saturated carbocycles. The molecule has 1 amide bonds. The van der Waals surface area contributed by atoms with Crippen LogP contribution in [0.25, 0.3) is 0 Å². The van der Waals surface area contributed by atoms with Crippen LogP contribution in [0.15, 0.2) is 42.5 Å². The number of ether oxygens (including phenoxy) is 3. The Labute approximate surface area is 194 Å².